The lowest BCUT2D eigenvalue weighted by molar-refractivity contribution is 0.0550. The maximum Gasteiger partial charge on any atom is 0.138 e. The Morgan fingerprint density at radius 1 is 1.35 bits per heavy atom. The highest BCUT2D eigenvalue weighted by molar-refractivity contribution is 5.95. The molecule has 1 aromatic carbocycles. The van der Waals surface area contributed by atoms with Gasteiger partial charge in [0.2, 0.25) is 0 Å². The van der Waals surface area contributed by atoms with Gasteiger partial charge in [-0.1, -0.05) is 12.1 Å². The van der Waals surface area contributed by atoms with Gasteiger partial charge in [0, 0.05) is 37.3 Å². The number of nitrogens with zero attached hydrogens (tertiary/aromatic N) is 2. The van der Waals surface area contributed by atoms with Crippen molar-refractivity contribution in [1.29, 1.82) is 5.41 Å². The quantitative estimate of drug-likeness (QED) is 0.653. The van der Waals surface area contributed by atoms with Crippen molar-refractivity contribution >= 4 is 5.84 Å². The molecule has 20 heavy (non-hydrogen) atoms. The third-order valence-corrected chi connectivity index (χ3v) is 4.20. The number of amidine groups is 1. The van der Waals surface area contributed by atoms with Crippen molar-refractivity contribution < 1.29 is 4.39 Å². The summed E-state index contributed by atoms with van der Waals surface area (Å²) in [5.41, 5.74) is 6.21. The highest BCUT2D eigenvalue weighted by atomic mass is 19.1. The maximum absolute atomic E-state index is 14.3. The molecule has 1 aliphatic heterocycles. The van der Waals surface area contributed by atoms with Crippen LogP contribution >= 0.6 is 0 Å². The summed E-state index contributed by atoms with van der Waals surface area (Å²) in [7, 11) is 2.13. The average Bonchev–Trinajstić information content (AvgIpc) is 2.38. The highest BCUT2D eigenvalue weighted by Gasteiger charge is 2.27. The molecule has 0 aromatic heterocycles. The van der Waals surface area contributed by atoms with Crippen LogP contribution in [0.1, 0.15) is 25.0 Å². The van der Waals surface area contributed by atoms with Crippen LogP contribution in [0.15, 0.2) is 18.2 Å². The summed E-state index contributed by atoms with van der Waals surface area (Å²) in [6, 6.07) is 6.00. The van der Waals surface area contributed by atoms with Crippen LogP contribution in [0.25, 0.3) is 0 Å². The molecule has 110 valence electrons. The van der Waals surface area contributed by atoms with E-state index in [4.69, 9.17) is 11.1 Å². The molecule has 0 bridgehead atoms. The average molecular weight is 278 g/mol. The van der Waals surface area contributed by atoms with Crippen LogP contribution in [0.5, 0.6) is 0 Å². The van der Waals surface area contributed by atoms with Gasteiger partial charge < -0.3 is 5.73 Å². The largest absolute Gasteiger partial charge is 0.384 e. The first-order valence-electron chi connectivity index (χ1n) is 6.96. The number of benzene rings is 1. The molecule has 0 radical (unpaired) electrons. The SMILES string of the molecule is CC1CN(Cc2cccc(C(=N)N)c2F)CC(C)N1C. The number of rotatable bonds is 3. The highest BCUT2D eigenvalue weighted by Crippen LogP contribution is 2.19. The molecule has 1 saturated heterocycles. The summed E-state index contributed by atoms with van der Waals surface area (Å²) < 4.78 is 14.3. The van der Waals surface area contributed by atoms with Gasteiger partial charge in [-0.05, 0) is 27.0 Å². The lowest BCUT2D eigenvalue weighted by Gasteiger charge is -2.42. The second-order valence-electron chi connectivity index (χ2n) is 5.75. The first kappa shape index (κ1) is 14.9. The van der Waals surface area contributed by atoms with E-state index >= 15 is 0 Å². The van der Waals surface area contributed by atoms with Crippen molar-refractivity contribution in [1.82, 2.24) is 9.80 Å². The molecule has 1 heterocycles. The first-order valence-corrected chi connectivity index (χ1v) is 6.96. The van der Waals surface area contributed by atoms with Gasteiger partial charge >= 0.3 is 0 Å². The van der Waals surface area contributed by atoms with Crippen LogP contribution in [0.2, 0.25) is 0 Å². The Bertz CT molecular complexity index is 491. The fourth-order valence-electron chi connectivity index (χ4n) is 2.79. The van der Waals surface area contributed by atoms with Gasteiger partial charge in [0.15, 0.2) is 0 Å². The zero-order valence-corrected chi connectivity index (χ0v) is 12.4. The lowest BCUT2D eigenvalue weighted by Crippen LogP contribution is -2.54. The van der Waals surface area contributed by atoms with E-state index in [9.17, 15) is 4.39 Å². The summed E-state index contributed by atoms with van der Waals surface area (Å²) in [4.78, 5) is 4.61. The molecule has 5 heteroatoms. The molecule has 1 fully saturated rings. The predicted molar refractivity (Wildman–Crippen MR) is 79.4 cm³/mol. The van der Waals surface area contributed by atoms with E-state index in [1.165, 1.54) is 0 Å². The molecular weight excluding hydrogens is 255 g/mol. The molecule has 0 aliphatic carbocycles. The third-order valence-electron chi connectivity index (χ3n) is 4.20. The van der Waals surface area contributed by atoms with Crippen molar-refractivity contribution in [3.63, 3.8) is 0 Å². The van der Waals surface area contributed by atoms with Crippen molar-refractivity contribution in [2.75, 3.05) is 20.1 Å². The number of nitrogen functional groups attached to an aromatic ring is 1. The van der Waals surface area contributed by atoms with Crippen LogP contribution in [-0.4, -0.2) is 47.9 Å². The molecule has 4 nitrogen and oxygen atoms in total. The minimum absolute atomic E-state index is 0.192. The standard InChI is InChI=1S/C15H23FN4/c1-10-7-20(8-11(2)19(10)3)9-12-5-4-6-13(14(12)16)15(17)18/h4-6,10-11H,7-9H2,1-3H3,(H3,17,18). The van der Waals surface area contributed by atoms with Crippen molar-refractivity contribution in [3.8, 4) is 0 Å². The van der Waals surface area contributed by atoms with Gasteiger partial charge in [-0.15, -0.1) is 0 Å². The second-order valence-corrected chi connectivity index (χ2v) is 5.75. The molecule has 2 unspecified atom stereocenters. The molecule has 1 aliphatic rings. The number of piperazine rings is 1. The number of hydrogen-bond acceptors (Lipinski definition) is 3. The van der Waals surface area contributed by atoms with Gasteiger partial charge in [-0.3, -0.25) is 15.2 Å². The van der Waals surface area contributed by atoms with Crippen LogP contribution in [0.4, 0.5) is 4.39 Å². The predicted octanol–water partition coefficient (Wildman–Crippen LogP) is 1.63. The Balaban J connectivity index is 2.15. The molecular formula is C15H23FN4. The monoisotopic (exact) mass is 278 g/mol. The molecule has 1 aromatic rings. The van der Waals surface area contributed by atoms with Crippen molar-refractivity contribution in [2.45, 2.75) is 32.5 Å². The number of likely N-dealkylation sites (N-methyl/N-ethyl adjacent to an activating group) is 1. The normalized spacial score (nSPS) is 24.8. The Hall–Kier alpha value is -1.46. The van der Waals surface area contributed by atoms with E-state index in [1.807, 2.05) is 0 Å². The molecule has 0 spiro atoms. The summed E-state index contributed by atoms with van der Waals surface area (Å²) in [6.07, 6.45) is 0. The molecule has 0 amide bonds. The summed E-state index contributed by atoms with van der Waals surface area (Å²) >= 11 is 0. The molecule has 2 rings (SSSR count). The number of hydrogen-bond donors (Lipinski definition) is 2. The van der Waals surface area contributed by atoms with E-state index < -0.39 is 0 Å². The van der Waals surface area contributed by atoms with E-state index in [1.54, 1.807) is 18.2 Å². The van der Waals surface area contributed by atoms with E-state index in [0.717, 1.165) is 13.1 Å². The van der Waals surface area contributed by atoms with E-state index in [2.05, 4.69) is 30.7 Å². The van der Waals surface area contributed by atoms with Gasteiger partial charge in [-0.2, -0.15) is 0 Å². The summed E-state index contributed by atoms with van der Waals surface area (Å²) in [5, 5.41) is 7.40. The topological polar surface area (TPSA) is 56.4 Å². The van der Waals surface area contributed by atoms with Crippen LogP contribution < -0.4 is 5.73 Å². The number of nitrogens with one attached hydrogen (secondary N) is 1. The minimum Gasteiger partial charge on any atom is -0.384 e. The number of halogens is 1. The fraction of sp³-hybridized carbons (Fsp3) is 0.533. The van der Waals surface area contributed by atoms with Crippen molar-refractivity contribution in [2.24, 2.45) is 5.73 Å². The maximum atomic E-state index is 14.3. The zero-order valence-electron chi connectivity index (χ0n) is 12.4. The Kier molecular flexibility index (Phi) is 4.40. The van der Waals surface area contributed by atoms with Crippen LogP contribution in [0, 0.1) is 11.2 Å². The number of nitrogens with two attached hydrogens (primary N) is 1. The Morgan fingerprint density at radius 2 is 1.95 bits per heavy atom. The van der Waals surface area contributed by atoms with Gasteiger partial charge in [0.1, 0.15) is 11.7 Å². The Morgan fingerprint density at radius 3 is 2.50 bits per heavy atom. The Labute approximate surface area is 119 Å². The summed E-state index contributed by atoms with van der Waals surface area (Å²) in [6.45, 7) is 6.78. The van der Waals surface area contributed by atoms with Crippen molar-refractivity contribution in [3.05, 3.63) is 35.1 Å². The zero-order chi connectivity index (χ0) is 14.9. The fourth-order valence-corrected chi connectivity index (χ4v) is 2.79. The third kappa shape index (κ3) is 2.99. The van der Waals surface area contributed by atoms with Gasteiger partial charge in [-0.25, -0.2) is 4.39 Å². The van der Waals surface area contributed by atoms with Gasteiger partial charge in [0.05, 0.1) is 5.56 Å². The smallest absolute Gasteiger partial charge is 0.138 e. The molecule has 3 N–H and O–H groups in total. The van der Waals surface area contributed by atoms with Crippen LogP contribution in [0.3, 0.4) is 0 Å². The summed E-state index contributed by atoms with van der Waals surface area (Å²) in [5.74, 6) is -0.580. The van der Waals surface area contributed by atoms with E-state index in [-0.39, 0.29) is 17.2 Å². The van der Waals surface area contributed by atoms with Gasteiger partial charge in [0.25, 0.3) is 0 Å². The first-order chi connectivity index (χ1) is 9.40. The molecule has 2 atom stereocenters. The van der Waals surface area contributed by atoms with E-state index in [0.29, 0.717) is 24.2 Å². The van der Waals surface area contributed by atoms with Crippen LogP contribution in [-0.2, 0) is 6.54 Å². The second kappa shape index (κ2) is 5.89. The minimum atomic E-state index is -0.362. The molecule has 0 saturated carbocycles. The lowest BCUT2D eigenvalue weighted by atomic mass is 10.1.